The molecule has 2 N–H and O–H groups in total. The number of nitrogens with one attached hydrogen (secondary N) is 1. The Kier molecular flexibility index (Phi) is 3.89. The Bertz CT molecular complexity index is 702. The normalized spacial score (nSPS) is 20.1. The van der Waals surface area contributed by atoms with Crippen LogP contribution in [0.1, 0.15) is 27.5 Å². The summed E-state index contributed by atoms with van der Waals surface area (Å²) in [6, 6.07) is 12.0. The van der Waals surface area contributed by atoms with Crippen molar-refractivity contribution in [1.29, 1.82) is 0 Å². The van der Waals surface area contributed by atoms with Crippen molar-refractivity contribution in [1.82, 2.24) is 5.32 Å². The van der Waals surface area contributed by atoms with Gasteiger partial charge < -0.3 is 10.4 Å². The minimum absolute atomic E-state index is 0.306. The van der Waals surface area contributed by atoms with Crippen LogP contribution in [0.4, 0.5) is 0 Å². The van der Waals surface area contributed by atoms with Crippen LogP contribution in [0.15, 0.2) is 42.5 Å². The molecule has 2 atom stereocenters. The maximum atomic E-state index is 12.4. The van der Waals surface area contributed by atoms with Gasteiger partial charge in [-0.2, -0.15) is 0 Å². The van der Waals surface area contributed by atoms with Gasteiger partial charge in [0.15, 0.2) is 0 Å². The van der Waals surface area contributed by atoms with E-state index in [0.29, 0.717) is 22.0 Å². The van der Waals surface area contributed by atoms with Gasteiger partial charge in [0, 0.05) is 11.4 Å². The van der Waals surface area contributed by atoms with Crippen molar-refractivity contribution in [3.05, 3.63) is 69.2 Å². The largest absolute Gasteiger partial charge is 0.390 e. The zero-order valence-corrected chi connectivity index (χ0v) is 12.5. The number of fused-ring (bicyclic) bond motifs is 1. The van der Waals surface area contributed by atoms with Gasteiger partial charge in [-0.05, 0) is 29.3 Å². The van der Waals surface area contributed by atoms with E-state index in [0.717, 1.165) is 11.1 Å². The second-order valence-corrected chi connectivity index (χ2v) is 5.89. The number of benzene rings is 2. The third-order valence-electron chi connectivity index (χ3n) is 3.66. The van der Waals surface area contributed by atoms with E-state index in [1.165, 1.54) is 6.07 Å². The number of hydrogen-bond donors (Lipinski definition) is 2. The van der Waals surface area contributed by atoms with Crippen LogP contribution in [-0.2, 0) is 6.42 Å². The third-order valence-corrected chi connectivity index (χ3v) is 4.23. The fraction of sp³-hybridized carbons (Fsp3) is 0.188. The van der Waals surface area contributed by atoms with Crippen LogP contribution in [0.3, 0.4) is 0 Å². The second kappa shape index (κ2) is 5.68. The summed E-state index contributed by atoms with van der Waals surface area (Å²) in [6.07, 6.45) is -0.103. The molecule has 0 aromatic heterocycles. The molecular weight excluding hydrogens is 309 g/mol. The van der Waals surface area contributed by atoms with Gasteiger partial charge in [0.1, 0.15) is 0 Å². The Labute approximate surface area is 132 Å². The summed E-state index contributed by atoms with van der Waals surface area (Å²) in [4.78, 5) is 12.4. The lowest BCUT2D eigenvalue weighted by Crippen LogP contribution is -2.34. The van der Waals surface area contributed by atoms with Crippen molar-refractivity contribution >= 4 is 29.1 Å². The molecule has 5 heteroatoms. The van der Waals surface area contributed by atoms with Crippen LogP contribution >= 0.6 is 23.2 Å². The molecule has 3 rings (SSSR count). The predicted octanol–water partition coefficient (Wildman–Crippen LogP) is 3.38. The van der Waals surface area contributed by atoms with Gasteiger partial charge >= 0.3 is 0 Å². The molecule has 0 saturated carbocycles. The van der Waals surface area contributed by atoms with Gasteiger partial charge in [0.2, 0.25) is 0 Å². The van der Waals surface area contributed by atoms with Crippen LogP contribution in [0.5, 0.6) is 0 Å². The number of aliphatic hydroxyl groups excluding tert-OH is 1. The molecule has 2 aromatic carbocycles. The first kappa shape index (κ1) is 14.4. The minimum Gasteiger partial charge on any atom is -0.390 e. The fourth-order valence-corrected chi connectivity index (χ4v) is 3.01. The molecule has 108 valence electrons. The maximum absolute atomic E-state index is 12.4. The van der Waals surface area contributed by atoms with Crippen molar-refractivity contribution < 1.29 is 9.90 Å². The Balaban J connectivity index is 1.87. The van der Waals surface area contributed by atoms with Gasteiger partial charge in [-0.25, -0.2) is 0 Å². The molecule has 0 saturated heterocycles. The zero-order chi connectivity index (χ0) is 15.0. The highest BCUT2D eigenvalue weighted by atomic mass is 35.5. The second-order valence-electron chi connectivity index (χ2n) is 5.05. The zero-order valence-electron chi connectivity index (χ0n) is 11.0. The van der Waals surface area contributed by atoms with Crippen molar-refractivity contribution in [2.45, 2.75) is 18.6 Å². The summed E-state index contributed by atoms with van der Waals surface area (Å²) in [5.74, 6) is -0.344. The molecule has 21 heavy (non-hydrogen) atoms. The van der Waals surface area contributed by atoms with E-state index < -0.39 is 12.1 Å². The molecule has 1 aliphatic rings. The number of carbonyl (C=O) groups is 1. The Morgan fingerprint density at radius 3 is 2.76 bits per heavy atom. The van der Waals surface area contributed by atoms with Crippen LogP contribution in [0.25, 0.3) is 0 Å². The first-order valence-electron chi connectivity index (χ1n) is 6.58. The lowest BCUT2D eigenvalue weighted by molar-refractivity contribution is 0.0858. The predicted molar refractivity (Wildman–Crippen MR) is 82.8 cm³/mol. The standard InChI is InChI=1S/C16H13Cl2NO2/c17-10-5-6-13(18)12(8-10)16(21)19-15-11-4-2-1-3-9(11)7-14(15)20/h1-6,8,14-15,20H,7H2,(H,19,21)/t14-,15+/m1/s1. The number of carbonyl (C=O) groups excluding carboxylic acids is 1. The number of hydrogen-bond acceptors (Lipinski definition) is 2. The highest BCUT2D eigenvalue weighted by molar-refractivity contribution is 6.35. The SMILES string of the molecule is O=C(N[C@H]1c2ccccc2C[C@H]1O)c1cc(Cl)ccc1Cl. The molecule has 1 aliphatic carbocycles. The molecular formula is C16H13Cl2NO2. The average Bonchev–Trinajstić information content (AvgIpc) is 2.78. The molecule has 0 spiro atoms. The van der Waals surface area contributed by atoms with Crippen LogP contribution in [-0.4, -0.2) is 17.1 Å². The van der Waals surface area contributed by atoms with Crippen LogP contribution in [0, 0.1) is 0 Å². The molecule has 3 nitrogen and oxygen atoms in total. The Morgan fingerprint density at radius 2 is 1.95 bits per heavy atom. The molecule has 0 unspecified atom stereocenters. The molecule has 0 radical (unpaired) electrons. The Morgan fingerprint density at radius 1 is 1.19 bits per heavy atom. The van der Waals surface area contributed by atoms with E-state index in [9.17, 15) is 9.90 Å². The van der Waals surface area contributed by atoms with Gasteiger partial charge in [-0.1, -0.05) is 47.5 Å². The van der Waals surface area contributed by atoms with Crippen molar-refractivity contribution in [2.24, 2.45) is 0 Å². The van der Waals surface area contributed by atoms with E-state index in [1.54, 1.807) is 12.1 Å². The summed E-state index contributed by atoms with van der Waals surface area (Å²) in [6.45, 7) is 0. The minimum atomic E-state index is -0.635. The molecule has 0 fully saturated rings. The highest BCUT2D eigenvalue weighted by Crippen LogP contribution is 2.32. The van der Waals surface area contributed by atoms with Crippen LogP contribution in [0.2, 0.25) is 10.0 Å². The average molecular weight is 322 g/mol. The van der Waals surface area contributed by atoms with Gasteiger partial charge in [-0.3, -0.25) is 4.79 Å². The van der Waals surface area contributed by atoms with Crippen molar-refractivity contribution in [3.8, 4) is 0 Å². The monoisotopic (exact) mass is 321 g/mol. The molecule has 0 aliphatic heterocycles. The van der Waals surface area contributed by atoms with E-state index in [1.807, 2.05) is 24.3 Å². The van der Waals surface area contributed by atoms with E-state index in [4.69, 9.17) is 23.2 Å². The van der Waals surface area contributed by atoms with Crippen molar-refractivity contribution in [3.63, 3.8) is 0 Å². The summed E-state index contributed by atoms with van der Waals surface area (Å²) >= 11 is 11.9. The Hall–Kier alpha value is -1.55. The number of rotatable bonds is 2. The first-order valence-corrected chi connectivity index (χ1v) is 7.33. The van der Waals surface area contributed by atoms with E-state index in [-0.39, 0.29) is 5.91 Å². The van der Waals surface area contributed by atoms with Crippen molar-refractivity contribution in [2.75, 3.05) is 0 Å². The molecule has 0 bridgehead atoms. The highest BCUT2D eigenvalue weighted by Gasteiger charge is 2.32. The third kappa shape index (κ3) is 2.77. The summed E-state index contributed by atoms with van der Waals surface area (Å²) in [7, 11) is 0. The topological polar surface area (TPSA) is 49.3 Å². The number of halogens is 2. The first-order chi connectivity index (χ1) is 10.1. The van der Waals surface area contributed by atoms with Gasteiger partial charge in [-0.15, -0.1) is 0 Å². The number of aliphatic hydroxyl groups is 1. The summed E-state index contributed by atoms with van der Waals surface area (Å²) < 4.78 is 0. The lowest BCUT2D eigenvalue weighted by Gasteiger charge is -2.18. The lowest BCUT2D eigenvalue weighted by atomic mass is 10.1. The van der Waals surface area contributed by atoms with E-state index >= 15 is 0 Å². The maximum Gasteiger partial charge on any atom is 0.253 e. The fourth-order valence-electron chi connectivity index (χ4n) is 2.64. The van der Waals surface area contributed by atoms with E-state index in [2.05, 4.69) is 5.32 Å². The molecule has 0 heterocycles. The number of amides is 1. The van der Waals surface area contributed by atoms with Crippen LogP contribution < -0.4 is 5.32 Å². The quantitative estimate of drug-likeness (QED) is 0.890. The van der Waals surface area contributed by atoms with Gasteiger partial charge in [0.25, 0.3) is 5.91 Å². The molecule has 1 amide bonds. The summed E-state index contributed by atoms with van der Waals surface area (Å²) in [5, 5.41) is 13.8. The summed E-state index contributed by atoms with van der Waals surface area (Å²) in [5.41, 5.74) is 2.30. The molecule has 2 aromatic rings. The van der Waals surface area contributed by atoms with Gasteiger partial charge in [0.05, 0.1) is 22.7 Å². The smallest absolute Gasteiger partial charge is 0.253 e.